The summed E-state index contributed by atoms with van der Waals surface area (Å²) in [5, 5.41) is 0. The van der Waals surface area contributed by atoms with Crippen molar-refractivity contribution < 1.29 is 0 Å². The molecule has 2 heteroatoms. The molecule has 0 amide bonds. The summed E-state index contributed by atoms with van der Waals surface area (Å²) < 4.78 is 0. The Hall–Kier alpha value is -1.57. The van der Waals surface area contributed by atoms with Crippen molar-refractivity contribution in [2.45, 2.75) is 32.7 Å². The molecule has 0 saturated carbocycles. The largest absolute Gasteiger partial charge is 0.370 e. The standard InChI is InChI=1S/C15H20N2/c1-6-10(2)14-11(3)9-16-13-8-7-12(4)17(5)15(13)14/h6,9,12H,1-2,7-8H2,3-5H3. The molecule has 2 heterocycles. The number of fused-ring (bicyclic) bond motifs is 1. The van der Waals surface area contributed by atoms with Crippen molar-refractivity contribution in [3.8, 4) is 0 Å². The molecule has 0 radical (unpaired) electrons. The molecular formula is C15H20N2. The minimum Gasteiger partial charge on any atom is -0.370 e. The Morgan fingerprint density at radius 1 is 1.59 bits per heavy atom. The van der Waals surface area contributed by atoms with Crippen LogP contribution >= 0.6 is 0 Å². The summed E-state index contributed by atoms with van der Waals surface area (Å²) in [6.45, 7) is 12.3. The maximum atomic E-state index is 4.56. The highest BCUT2D eigenvalue weighted by Gasteiger charge is 2.25. The van der Waals surface area contributed by atoms with Crippen LogP contribution in [0.3, 0.4) is 0 Å². The van der Waals surface area contributed by atoms with Crippen LogP contribution in [0, 0.1) is 6.92 Å². The second-order valence-corrected chi connectivity index (χ2v) is 4.84. The lowest BCUT2D eigenvalue weighted by atomic mass is 9.93. The molecule has 2 rings (SSSR count). The van der Waals surface area contributed by atoms with Gasteiger partial charge in [-0.05, 0) is 37.8 Å². The summed E-state index contributed by atoms with van der Waals surface area (Å²) >= 11 is 0. The van der Waals surface area contributed by atoms with E-state index in [1.165, 1.54) is 28.9 Å². The van der Waals surface area contributed by atoms with E-state index in [9.17, 15) is 0 Å². The molecule has 0 aromatic carbocycles. The van der Waals surface area contributed by atoms with Gasteiger partial charge < -0.3 is 4.90 Å². The number of hydrogen-bond donors (Lipinski definition) is 0. The average molecular weight is 228 g/mol. The first-order valence-corrected chi connectivity index (χ1v) is 6.09. The monoisotopic (exact) mass is 228 g/mol. The Labute approximate surface area is 104 Å². The first kappa shape index (κ1) is 11.9. The summed E-state index contributed by atoms with van der Waals surface area (Å²) in [6.07, 6.45) is 6.00. The van der Waals surface area contributed by atoms with Gasteiger partial charge in [-0.15, -0.1) is 0 Å². The Balaban J connectivity index is 2.66. The van der Waals surface area contributed by atoms with E-state index in [-0.39, 0.29) is 0 Å². The van der Waals surface area contributed by atoms with Gasteiger partial charge in [0.1, 0.15) is 0 Å². The van der Waals surface area contributed by atoms with Crippen LogP contribution in [0.15, 0.2) is 25.4 Å². The summed E-state index contributed by atoms with van der Waals surface area (Å²) in [5.41, 5.74) is 5.80. The molecule has 1 aliphatic rings. The molecule has 0 aliphatic carbocycles. The van der Waals surface area contributed by atoms with Gasteiger partial charge in [-0.1, -0.05) is 19.2 Å². The van der Waals surface area contributed by atoms with Gasteiger partial charge in [-0.3, -0.25) is 4.98 Å². The molecule has 1 aromatic heterocycles. The normalized spacial score (nSPS) is 18.8. The molecule has 90 valence electrons. The van der Waals surface area contributed by atoms with E-state index in [4.69, 9.17) is 0 Å². The molecule has 1 atom stereocenters. The van der Waals surface area contributed by atoms with Crippen molar-refractivity contribution in [2.24, 2.45) is 0 Å². The molecule has 0 N–H and O–H groups in total. The van der Waals surface area contributed by atoms with Gasteiger partial charge in [0.2, 0.25) is 0 Å². The van der Waals surface area contributed by atoms with Crippen molar-refractivity contribution in [3.05, 3.63) is 42.3 Å². The predicted octanol–water partition coefficient (Wildman–Crippen LogP) is 3.36. The Kier molecular flexibility index (Phi) is 3.05. The zero-order valence-electron chi connectivity index (χ0n) is 11.0. The molecule has 0 spiro atoms. The summed E-state index contributed by atoms with van der Waals surface area (Å²) in [7, 11) is 2.14. The highest BCUT2D eigenvalue weighted by atomic mass is 15.1. The summed E-state index contributed by atoms with van der Waals surface area (Å²) in [4.78, 5) is 6.89. The van der Waals surface area contributed by atoms with Crippen LogP contribution in [0.1, 0.15) is 30.2 Å². The van der Waals surface area contributed by atoms with Gasteiger partial charge in [-0.25, -0.2) is 0 Å². The third-order valence-corrected chi connectivity index (χ3v) is 3.70. The van der Waals surface area contributed by atoms with Crippen LogP contribution in [-0.4, -0.2) is 18.1 Å². The van der Waals surface area contributed by atoms with Crippen molar-refractivity contribution in [2.75, 3.05) is 11.9 Å². The zero-order valence-corrected chi connectivity index (χ0v) is 11.0. The van der Waals surface area contributed by atoms with Crippen molar-refractivity contribution in [3.63, 3.8) is 0 Å². The van der Waals surface area contributed by atoms with Crippen molar-refractivity contribution in [1.29, 1.82) is 0 Å². The fourth-order valence-corrected chi connectivity index (χ4v) is 2.46. The minimum atomic E-state index is 0.558. The molecule has 1 aromatic rings. The molecule has 0 saturated heterocycles. The van der Waals surface area contributed by atoms with Crippen LogP contribution in [0.5, 0.6) is 0 Å². The van der Waals surface area contributed by atoms with E-state index >= 15 is 0 Å². The van der Waals surface area contributed by atoms with Crippen LogP contribution < -0.4 is 4.90 Å². The number of pyridine rings is 1. The predicted molar refractivity (Wildman–Crippen MR) is 74.4 cm³/mol. The number of aryl methyl sites for hydroxylation is 2. The van der Waals surface area contributed by atoms with Crippen LogP contribution in [-0.2, 0) is 6.42 Å². The van der Waals surface area contributed by atoms with E-state index in [2.05, 4.69) is 43.9 Å². The number of allylic oxidation sites excluding steroid dienone is 2. The third kappa shape index (κ3) is 1.88. The van der Waals surface area contributed by atoms with Crippen LogP contribution in [0.4, 0.5) is 5.69 Å². The highest BCUT2D eigenvalue weighted by Crippen LogP contribution is 2.36. The number of rotatable bonds is 2. The van der Waals surface area contributed by atoms with Crippen LogP contribution in [0.2, 0.25) is 0 Å². The number of anilines is 1. The molecule has 0 fully saturated rings. The number of aromatic nitrogens is 1. The maximum absolute atomic E-state index is 4.56. The van der Waals surface area contributed by atoms with E-state index in [1.807, 2.05) is 12.3 Å². The molecule has 0 bridgehead atoms. The minimum absolute atomic E-state index is 0.558. The van der Waals surface area contributed by atoms with Gasteiger partial charge in [0.15, 0.2) is 0 Å². The average Bonchev–Trinajstić information content (AvgIpc) is 2.33. The quantitative estimate of drug-likeness (QED) is 0.722. The van der Waals surface area contributed by atoms with Gasteiger partial charge in [-0.2, -0.15) is 0 Å². The van der Waals surface area contributed by atoms with Gasteiger partial charge in [0, 0.05) is 24.8 Å². The van der Waals surface area contributed by atoms with E-state index in [0.717, 1.165) is 12.0 Å². The highest BCUT2D eigenvalue weighted by molar-refractivity contribution is 5.84. The van der Waals surface area contributed by atoms with E-state index < -0.39 is 0 Å². The first-order chi connectivity index (χ1) is 8.06. The van der Waals surface area contributed by atoms with Gasteiger partial charge >= 0.3 is 0 Å². The SMILES string of the molecule is C=CC(=C)c1c(C)cnc2c1N(C)C(C)CC2. The smallest absolute Gasteiger partial charge is 0.0667 e. The lowest BCUT2D eigenvalue weighted by Crippen LogP contribution is -2.35. The first-order valence-electron chi connectivity index (χ1n) is 6.09. The second kappa shape index (κ2) is 4.36. The second-order valence-electron chi connectivity index (χ2n) is 4.84. The lowest BCUT2D eigenvalue weighted by molar-refractivity contribution is 0.588. The maximum Gasteiger partial charge on any atom is 0.0667 e. The molecule has 1 unspecified atom stereocenters. The van der Waals surface area contributed by atoms with E-state index in [1.54, 1.807) is 0 Å². The van der Waals surface area contributed by atoms with Gasteiger partial charge in [0.25, 0.3) is 0 Å². The van der Waals surface area contributed by atoms with Crippen molar-refractivity contribution in [1.82, 2.24) is 4.98 Å². The summed E-state index contributed by atoms with van der Waals surface area (Å²) in [6, 6.07) is 0.558. The fraction of sp³-hybridized carbons (Fsp3) is 0.400. The molecule has 1 aliphatic heterocycles. The summed E-state index contributed by atoms with van der Waals surface area (Å²) in [5.74, 6) is 0. The lowest BCUT2D eigenvalue weighted by Gasteiger charge is -2.35. The fourth-order valence-electron chi connectivity index (χ4n) is 2.46. The molecule has 2 nitrogen and oxygen atoms in total. The number of nitrogens with zero attached hydrogens (tertiary/aromatic N) is 2. The van der Waals surface area contributed by atoms with E-state index in [0.29, 0.717) is 6.04 Å². The Morgan fingerprint density at radius 3 is 2.94 bits per heavy atom. The Bertz CT molecular complexity index is 474. The van der Waals surface area contributed by atoms with Crippen molar-refractivity contribution >= 4 is 11.3 Å². The molecule has 17 heavy (non-hydrogen) atoms. The third-order valence-electron chi connectivity index (χ3n) is 3.70. The number of hydrogen-bond acceptors (Lipinski definition) is 2. The van der Waals surface area contributed by atoms with Gasteiger partial charge in [0.05, 0.1) is 11.4 Å². The topological polar surface area (TPSA) is 16.1 Å². The zero-order chi connectivity index (χ0) is 12.6. The Morgan fingerprint density at radius 2 is 2.29 bits per heavy atom. The molecular weight excluding hydrogens is 208 g/mol. The van der Waals surface area contributed by atoms with Crippen LogP contribution in [0.25, 0.3) is 5.57 Å².